The molecule has 4 rings (SSSR count). The lowest BCUT2D eigenvalue weighted by Gasteiger charge is -2.49. The molecule has 0 radical (unpaired) electrons. The van der Waals surface area contributed by atoms with E-state index in [0.717, 1.165) is 18.5 Å². The molecule has 2 N–H and O–H groups in total. The molecule has 0 bridgehead atoms. The van der Waals surface area contributed by atoms with Crippen LogP contribution in [0.2, 0.25) is 0 Å². The standard InChI is InChI=1S/C20H26N2O5/c1-13(2)19(18(24)25)17(23)22-15(11-14-7-4-3-5-8-14)12-21-10-6-9-16(21)20(22,26)27-19/h3-5,7-8,13,15-16,26H,6,9-12H2,1-2H3,(H,24,25)/t15-,16-,19+,20-/m0/s1. The average Bonchev–Trinajstić information content (AvgIpc) is 3.18. The second-order valence-electron chi connectivity index (χ2n) is 8.13. The van der Waals surface area contributed by atoms with Gasteiger partial charge in [0.1, 0.15) is 0 Å². The van der Waals surface area contributed by atoms with Gasteiger partial charge in [0.25, 0.3) is 11.8 Å². The van der Waals surface area contributed by atoms with E-state index in [4.69, 9.17) is 4.74 Å². The Morgan fingerprint density at radius 1 is 1.33 bits per heavy atom. The summed E-state index contributed by atoms with van der Waals surface area (Å²) in [4.78, 5) is 29.0. The number of rotatable bonds is 4. The molecule has 27 heavy (non-hydrogen) atoms. The number of carboxylic acids is 1. The predicted octanol–water partition coefficient (Wildman–Crippen LogP) is 1.06. The van der Waals surface area contributed by atoms with Crippen molar-refractivity contribution in [3.05, 3.63) is 35.9 Å². The lowest BCUT2D eigenvalue weighted by Crippen LogP contribution is -2.69. The first-order valence-electron chi connectivity index (χ1n) is 9.58. The minimum Gasteiger partial charge on any atom is -0.479 e. The third-order valence-electron chi connectivity index (χ3n) is 6.25. The van der Waals surface area contributed by atoms with E-state index in [1.54, 1.807) is 13.8 Å². The number of amides is 1. The molecular weight excluding hydrogens is 348 g/mol. The van der Waals surface area contributed by atoms with E-state index in [2.05, 4.69) is 4.90 Å². The fraction of sp³-hybridized carbons (Fsp3) is 0.600. The number of fused-ring (bicyclic) bond motifs is 3. The molecule has 146 valence electrons. The van der Waals surface area contributed by atoms with Crippen LogP contribution in [0.1, 0.15) is 32.3 Å². The lowest BCUT2D eigenvalue weighted by atomic mass is 9.88. The summed E-state index contributed by atoms with van der Waals surface area (Å²) in [7, 11) is 0. The molecule has 0 aliphatic carbocycles. The summed E-state index contributed by atoms with van der Waals surface area (Å²) in [5.74, 6) is -4.49. The Balaban J connectivity index is 1.77. The minimum atomic E-state index is -2.05. The highest BCUT2D eigenvalue weighted by Crippen LogP contribution is 2.48. The first kappa shape index (κ1) is 18.4. The molecule has 0 saturated carbocycles. The van der Waals surface area contributed by atoms with Crippen LogP contribution in [0.25, 0.3) is 0 Å². The zero-order valence-electron chi connectivity index (χ0n) is 15.7. The van der Waals surface area contributed by atoms with Gasteiger partial charge in [-0.3, -0.25) is 14.6 Å². The highest BCUT2D eigenvalue weighted by molar-refractivity contribution is 6.07. The highest BCUT2D eigenvalue weighted by Gasteiger charge is 2.72. The van der Waals surface area contributed by atoms with Crippen molar-refractivity contribution in [1.29, 1.82) is 0 Å². The topological polar surface area (TPSA) is 90.3 Å². The van der Waals surface area contributed by atoms with E-state index >= 15 is 0 Å². The number of ether oxygens (including phenoxy) is 1. The van der Waals surface area contributed by atoms with Gasteiger partial charge in [-0.15, -0.1) is 0 Å². The molecule has 3 aliphatic heterocycles. The summed E-state index contributed by atoms with van der Waals surface area (Å²) >= 11 is 0. The molecule has 3 saturated heterocycles. The Bertz CT molecular complexity index is 754. The molecule has 3 fully saturated rings. The number of hydrogen-bond acceptors (Lipinski definition) is 5. The Hall–Kier alpha value is -1.96. The van der Waals surface area contributed by atoms with E-state index in [0.29, 0.717) is 19.4 Å². The van der Waals surface area contributed by atoms with E-state index in [-0.39, 0.29) is 6.04 Å². The van der Waals surface area contributed by atoms with Crippen molar-refractivity contribution in [2.24, 2.45) is 5.92 Å². The number of carboxylic acid groups (broad SMARTS) is 1. The Labute approximate surface area is 158 Å². The number of benzene rings is 1. The number of aliphatic carboxylic acids is 1. The lowest BCUT2D eigenvalue weighted by molar-refractivity contribution is -0.323. The second-order valence-corrected chi connectivity index (χ2v) is 8.13. The van der Waals surface area contributed by atoms with Crippen LogP contribution in [0.15, 0.2) is 30.3 Å². The first-order valence-corrected chi connectivity index (χ1v) is 9.58. The van der Waals surface area contributed by atoms with Crippen molar-refractivity contribution in [1.82, 2.24) is 9.80 Å². The van der Waals surface area contributed by atoms with Crippen molar-refractivity contribution in [2.45, 2.75) is 56.7 Å². The van der Waals surface area contributed by atoms with E-state index in [1.807, 2.05) is 30.3 Å². The van der Waals surface area contributed by atoms with Crippen LogP contribution in [0.5, 0.6) is 0 Å². The summed E-state index contributed by atoms with van der Waals surface area (Å²) in [5.41, 5.74) is -1.02. The molecule has 7 nitrogen and oxygen atoms in total. The van der Waals surface area contributed by atoms with Gasteiger partial charge >= 0.3 is 5.97 Å². The summed E-state index contributed by atoms with van der Waals surface area (Å²) < 4.78 is 5.85. The van der Waals surface area contributed by atoms with Gasteiger partial charge in [0, 0.05) is 12.5 Å². The molecule has 0 aromatic heterocycles. The summed E-state index contributed by atoms with van der Waals surface area (Å²) in [6, 6.07) is 9.00. The summed E-state index contributed by atoms with van der Waals surface area (Å²) in [6.45, 7) is 4.70. The highest BCUT2D eigenvalue weighted by atomic mass is 16.7. The van der Waals surface area contributed by atoms with Gasteiger partial charge in [0.15, 0.2) is 0 Å². The monoisotopic (exact) mass is 374 g/mol. The maximum Gasteiger partial charge on any atom is 0.346 e. The van der Waals surface area contributed by atoms with Crippen molar-refractivity contribution in [3.8, 4) is 0 Å². The minimum absolute atomic E-state index is 0.348. The van der Waals surface area contributed by atoms with Gasteiger partial charge < -0.3 is 14.9 Å². The summed E-state index contributed by atoms with van der Waals surface area (Å²) in [5, 5.41) is 21.4. The molecule has 0 unspecified atom stereocenters. The van der Waals surface area contributed by atoms with Crippen LogP contribution in [0.4, 0.5) is 0 Å². The maximum atomic E-state index is 13.4. The van der Waals surface area contributed by atoms with E-state index in [1.165, 1.54) is 4.90 Å². The molecule has 0 spiro atoms. The van der Waals surface area contributed by atoms with Gasteiger partial charge in [-0.2, -0.15) is 0 Å². The third kappa shape index (κ3) is 2.52. The third-order valence-corrected chi connectivity index (χ3v) is 6.25. The average molecular weight is 374 g/mol. The number of piperazine rings is 1. The Morgan fingerprint density at radius 3 is 2.67 bits per heavy atom. The van der Waals surface area contributed by atoms with Crippen LogP contribution in [-0.2, 0) is 20.7 Å². The number of nitrogens with zero attached hydrogens (tertiary/aromatic N) is 2. The van der Waals surface area contributed by atoms with Crippen molar-refractivity contribution in [3.63, 3.8) is 0 Å². The van der Waals surface area contributed by atoms with Gasteiger partial charge in [-0.25, -0.2) is 4.79 Å². The number of aliphatic hydroxyl groups is 1. The summed E-state index contributed by atoms with van der Waals surface area (Å²) in [6.07, 6.45) is 2.10. The second kappa shape index (κ2) is 6.29. The van der Waals surface area contributed by atoms with Crippen LogP contribution in [-0.4, -0.2) is 68.6 Å². The number of hydrogen-bond donors (Lipinski definition) is 2. The molecule has 4 atom stereocenters. The van der Waals surface area contributed by atoms with Crippen molar-refractivity contribution >= 4 is 11.9 Å². The smallest absolute Gasteiger partial charge is 0.346 e. The van der Waals surface area contributed by atoms with Crippen LogP contribution >= 0.6 is 0 Å². The largest absolute Gasteiger partial charge is 0.479 e. The first-order chi connectivity index (χ1) is 12.8. The number of carbonyl (C=O) groups excluding carboxylic acids is 1. The quantitative estimate of drug-likeness (QED) is 0.766. The van der Waals surface area contributed by atoms with Gasteiger partial charge in [0.05, 0.1) is 12.1 Å². The SMILES string of the molecule is CC(C)[C@@]1(C(=O)O)O[C@@]2(O)[C@@H]3CCCN3C[C@H](Cc3ccccc3)N2C1=O. The van der Waals surface area contributed by atoms with Gasteiger partial charge in [-0.1, -0.05) is 44.2 Å². The van der Waals surface area contributed by atoms with Crippen molar-refractivity contribution < 1.29 is 24.5 Å². The fourth-order valence-corrected chi connectivity index (χ4v) is 4.92. The molecule has 7 heteroatoms. The predicted molar refractivity (Wildman–Crippen MR) is 96.6 cm³/mol. The molecule has 1 amide bonds. The molecule has 3 heterocycles. The Kier molecular flexibility index (Phi) is 4.29. The maximum absolute atomic E-state index is 13.4. The molecule has 1 aromatic rings. The molecule has 1 aromatic carbocycles. The van der Waals surface area contributed by atoms with Gasteiger partial charge in [-0.05, 0) is 31.4 Å². The van der Waals surface area contributed by atoms with Crippen LogP contribution < -0.4 is 0 Å². The van der Waals surface area contributed by atoms with Crippen LogP contribution in [0.3, 0.4) is 0 Å². The Morgan fingerprint density at radius 2 is 2.04 bits per heavy atom. The van der Waals surface area contributed by atoms with E-state index < -0.39 is 35.3 Å². The fourth-order valence-electron chi connectivity index (χ4n) is 4.92. The van der Waals surface area contributed by atoms with E-state index in [9.17, 15) is 19.8 Å². The molecular formula is C20H26N2O5. The zero-order valence-corrected chi connectivity index (χ0v) is 15.7. The number of carbonyl (C=O) groups is 2. The molecule has 3 aliphatic rings. The zero-order chi connectivity index (χ0) is 19.4. The van der Waals surface area contributed by atoms with Gasteiger partial charge in [0.2, 0.25) is 5.60 Å². The van der Waals surface area contributed by atoms with Crippen molar-refractivity contribution in [2.75, 3.05) is 13.1 Å². The normalized spacial score (nSPS) is 36.1. The van der Waals surface area contributed by atoms with Crippen LogP contribution in [0, 0.1) is 5.92 Å².